The van der Waals surface area contributed by atoms with E-state index in [4.69, 9.17) is 0 Å². The van der Waals surface area contributed by atoms with Gasteiger partial charge in [0, 0.05) is 56.1 Å². The van der Waals surface area contributed by atoms with Crippen molar-refractivity contribution < 1.29 is 18.8 Å². The fourth-order valence-corrected chi connectivity index (χ4v) is 4.10. The summed E-state index contributed by atoms with van der Waals surface area (Å²) in [6, 6.07) is 12.2. The molecule has 4 rings (SSSR count). The molecular formula is C24H27FN4O3. The SMILES string of the molecule is O=C(Nc1ccc(C(=O)N2CCCC2)cc1)N1CCCN(C(=O)c2ccc(F)cc2)CC1. The molecule has 0 radical (unpaired) electrons. The smallest absolute Gasteiger partial charge is 0.321 e. The highest BCUT2D eigenvalue weighted by Crippen LogP contribution is 2.17. The summed E-state index contributed by atoms with van der Waals surface area (Å²) in [7, 11) is 0. The molecule has 0 atom stereocenters. The Morgan fingerprint density at radius 1 is 0.625 bits per heavy atom. The molecule has 0 unspecified atom stereocenters. The van der Waals surface area contributed by atoms with Crippen LogP contribution in [0, 0.1) is 5.82 Å². The molecule has 32 heavy (non-hydrogen) atoms. The Balaban J connectivity index is 1.31. The van der Waals surface area contributed by atoms with Crippen molar-refractivity contribution in [1.29, 1.82) is 0 Å². The molecule has 2 aliphatic rings. The van der Waals surface area contributed by atoms with Gasteiger partial charge < -0.3 is 20.0 Å². The van der Waals surface area contributed by atoms with Gasteiger partial charge in [0.1, 0.15) is 5.82 Å². The number of rotatable bonds is 3. The largest absolute Gasteiger partial charge is 0.339 e. The van der Waals surface area contributed by atoms with Crippen LogP contribution in [0.25, 0.3) is 0 Å². The van der Waals surface area contributed by atoms with Gasteiger partial charge in [-0.25, -0.2) is 9.18 Å². The maximum absolute atomic E-state index is 13.1. The molecule has 4 amide bonds. The van der Waals surface area contributed by atoms with Gasteiger partial charge in [0.25, 0.3) is 11.8 Å². The summed E-state index contributed by atoms with van der Waals surface area (Å²) in [4.78, 5) is 43.1. The number of anilines is 1. The second kappa shape index (κ2) is 9.80. The molecule has 168 valence electrons. The molecule has 7 nitrogen and oxygen atoms in total. The molecule has 0 bridgehead atoms. The zero-order chi connectivity index (χ0) is 22.5. The number of carbonyl (C=O) groups is 3. The Bertz CT molecular complexity index is 972. The maximum atomic E-state index is 13.1. The van der Waals surface area contributed by atoms with Crippen molar-refractivity contribution in [3.8, 4) is 0 Å². The van der Waals surface area contributed by atoms with E-state index in [0.717, 1.165) is 25.9 Å². The van der Waals surface area contributed by atoms with E-state index in [1.807, 2.05) is 4.90 Å². The molecule has 2 fully saturated rings. The minimum atomic E-state index is -0.381. The molecule has 0 saturated carbocycles. The first-order valence-electron chi connectivity index (χ1n) is 11.0. The molecule has 2 aromatic rings. The quantitative estimate of drug-likeness (QED) is 0.798. The van der Waals surface area contributed by atoms with E-state index >= 15 is 0 Å². The van der Waals surface area contributed by atoms with Crippen molar-refractivity contribution in [3.05, 3.63) is 65.5 Å². The first-order chi connectivity index (χ1) is 15.5. The molecule has 0 spiro atoms. The van der Waals surface area contributed by atoms with E-state index in [-0.39, 0.29) is 23.7 Å². The Morgan fingerprint density at radius 3 is 1.72 bits per heavy atom. The third-order valence-electron chi connectivity index (χ3n) is 5.94. The van der Waals surface area contributed by atoms with Crippen molar-refractivity contribution in [2.24, 2.45) is 0 Å². The number of halogens is 1. The minimum Gasteiger partial charge on any atom is -0.339 e. The van der Waals surface area contributed by atoms with E-state index in [2.05, 4.69) is 5.32 Å². The van der Waals surface area contributed by atoms with Crippen LogP contribution in [-0.2, 0) is 0 Å². The predicted octanol–water partition coefficient (Wildman–Crippen LogP) is 3.44. The average Bonchev–Trinajstić information content (AvgIpc) is 3.23. The number of benzene rings is 2. The number of amides is 4. The number of carbonyl (C=O) groups excluding carboxylic acids is 3. The van der Waals surface area contributed by atoms with Crippen LogP contribution in [0.5, 0.6) is 0 Å². The van der Waals surface area contributed by atoms with Crippen molar-refractivity contribution in [2.75, 3.05) is 44.6 Å². The standard InChI is InChI=1S/C24H27FN4O3/c25-20-8-4-18(5-9-20)23(31)28-14-3-15-29(17-16-28)24(32)26-21-10-6-19(7-11-21)22(30)27-12-1-2-13-27/h4-11H,1-3,12-17H2,(H,26,32). The van der Waals surface area contributed by atoms with E-state index in [1.54, 1.807) is 34.1 Å². The van der Waals surface area contributed by atoms with E-state index in [1.165, 1.54) is 24.3 Å². The number of hydrogen-bond donors (Lipinski definition) is 1. The Kier molecular flexibility index (Phi) is 6.68. The van der Waals surface area contributed by atoms with Crippen molar-refractivity contribution in [3.63, 3.8) is 0 Å². The van der Waals surface area contributed by atoms with Crippen LogP contribution in [0.1, 0.15) is 40.0 Å². The average molecular weight is 439 g/mol. The third kappa shape index (κ3) is 5.07. The highest BCUT2D eigenvalue weighted by atomic mass is 19.1. The van der Waals surface area contributed by atoms with Crippen LogP contribution in [0.15, 0.2) is 48.5 Å². The van der Waals surface area contributed by atoms with Crippen molar-refractivity contribution in [2.45, 2.75) is 19.3 Å². The van der Waals surface area contributed by atoms with E-state index in [0.29, 0.717) is 49.4 Å². The molecule has 8 heteroatoms. The highest BCUT2D eigenvalue weighted by Gasteiger charge is 2.23. The predicted molar refractivity (Wildman–Crippen MR) is 119 cm³/mol. The summed E-state index contributed by atoms with van der Waals surface area (Å²) < 4.78 is 13.1. The lowest BCUT2D eigenvalue weighted by atomic mass is 10.2. The molecule has 2 heterocycles. The summed E-state index contributed by atoms with van der Waals surface area (Å²) in [5.74, 6) is -0.516. The van der Waals surface area contributed by atoms with Gasteiger partial charge in [0.15, 0.2) is 0 Å². The Morgan fingerprint density at radius 2 is 1.09 bits per heavy atom. The second-order valence-corrected chi connectivity index (χ2v) is 8.15. The van der Waals surface area contributed by atoms with Gasteiger partial charge in [-0.1, -0.05) is 0 Å². The highest BCUT2D eigenvalue weighted by molar-refractivity contribution is 5.96. The summed E-state index contributed by atoms with van der Waals surface area (Å²) in [5.41, 5.74) is 1.68. The van der Waals surface area contributed by atoms with Gasteiger partial charge in [-0.3, -0.25) is 9.59 Å². The second-order valence-electron chi connectivity index (χ2n) is 8.15. The first-order valence-corrected chi connectivity index (χ1v) is 11.0. The lowest BCUT2D eigenvalue weighted by Crippen LogP contribution is -2.39. The van der Waals surface area contributed by atoms with Gasteiger partial charge in [0.2, 0.25) is 0 Å². The molecule has 0 aliphatic carbocycles. The van der Waals surface area contributed by atoms with Crippen LogP contribution in [-0.4, -0.2) is 71.8 Å². The summed E-state index contributed by atoms with van der Waals surface area (Å²) in [5, 5.41) is 2.87. The normalized spacial score (nSPS) is 16.6. The van der Waals surface area contributed by atoms with Gasteiger partial charge in [-0.2, -0.15) is 0 Å². The minimum absolute atomic E-state index is 0.0267. The van der Waals surface area contributed by atoms with Crippen LogP contribution in [0.3, 0.4) is 0 Å². The van der Waals surface area contributed by atoms with Crippen molar-refractivity contribution in [1.82, 2.24) is 14.7 Å². The van der Waals surface area contributed by atoms with E-state index < -0.39 is 0 Å². The maximum Gasteiger partial charge on any atom is 0.321 e. The van der Waals surface area contributed by atoms with Gasteiger partial charge in [0.05, 0.1) is 0 Å². The lowest BCUT2D eigenvalue weighted by Gasteiger charge is -2.22. The Hall–Kier alpha value is -3.42. The molecule has 2 aliphatic heterocycles. The Labute approximate surface area is 186 Å². The molecule has 1 N–H and O–H groups in total. The summed E-state index contributed by atoms with van der Waals surface area (Å²) in [6.07, 6.45) is 2.74. The van der Waals surface area contributed by atoms with Crippen LogP contribution >= 0.6 is 0 Å². The summed E-state index contributed by atoms with van der Waals surface area (Å²) in [6.45, 7) is 3.48. The van der Waals surface area contributed by atoms with Crippen LogP contribution in [0.2, 0.25) is 0 Å². The monoisotopic (exact) mass is 438 g/mol. The first kappa shape index (κ1) is 21.8. The fraction of sp³-hybridized carbons (Fsp3) is 0.375. The molecule has 2 saturated heterocycles. The third-order valence-corrected chi connectivity index (χ3v) is 5.94. The number of nitrogens with one attached hydrogen (secondary N) is 1. The number of nitrogens with zero attached hydrogens (tertiary/aromatic N) is 3. The van der Waals surface area contributed by atoms with Gasteiger partial charge in [-0.05, 0) is 67.8 Å². The number of urea groups is 1. The van der Waals surface area contributed by atoms with Crippen LogP contribution < -0.4 is 5.32 Å². The molecular weight excluding hydrogens is 411 g/mol. The summed E-state index contributed by atoms with van der Waals surface area (Å²) >= 11 is 0. The molecule has 2 aromatic carbocycles. The zero-order valence-electron chi connectivity index (χ0n) is 17.9. The topological polar surface area (TPSA) is 73.0 Å². The zero-order valence-corrected chi connectivity index (χ0v) is 17.9. The van der Waals surface area contributed by atoms with Crippen LogP contribution in [0.4, 0.5) is 14.9 Å². The van der Waals surface area contributed by atoms with Crippen molar-refractivity contribution >= 4 is 23.5 Å². The van der Waals surface area contributed by atoms with Gasteiger partial charge in [-0.15, -0.1) is 0 Å². The van der Waals surface area contributed by atoms with E-state index in [9.17, 15) is 18.8 Å². The number of hydrogen-bond acceptors (Lipinski definition) is 3. The van der Waals surface area contributed by atoms with Gasteiger partial charge >= 0.3 is 6.03 Å². The molecule has 0 aromatic heterocycles. The lowest BCUT2D eigenvalue weighted by molar-refractivity contribution is 0.0761. The fourth-order valence-electron chi connectivity index (χ4n) is 4.10. The number of likely N-dealkylation sites (tertiary alicyclic amines) is 1.